The summed E-state index contributed by atoms with van der Waals surface area (Å²) in [5.74, 6) is 2.02. The number of amides is 1. The molecule has 0 aliphatic heterocycles. The molecule has 5 nitrogen and oxygen atoms in total. The van der Waals surface area contributed by atoms with E-state index in [1.54, 1.807) is 18.3 Å². The van der Waals surface area contributed by atoms with Gasteiger partial charge in [-0.3, -0.25) is 4.79 Å². The van der Waals surface area contributed by atoms with Gasteiger partial charge in [0.15, 0.2) is 0 Å². The van der Waals surface area contributed by atoms with Gasteiger partial charge in [-0.25, -0.2) is 4.98 Å². The smallest absolute Gasteiger partial charge is 0.252 e. The Balaban J connectivity index is 1.90. The number of nitrogens with zero attached hydrogens (tertiary/aromatic N) is 1. The molecule has 1 aromatic heterocycles. The van der Waals surface area contributed by atoms with Crippen LogP contribution in [0.3, 0.4) is 0 Å². The van der Waals surface area contributed by atoms with Gasteiger partial charge in [-0.05, 0) is 55.7 Å². The molecule has 1 amide bonds. The molecule has 24 heavy (non-hydrogen) atoms. The number of rotatable bonds is 8. The van der Waals surface area contributed by atoms with Crippen LogP contribution in [0.5, 0.6) is 5.75 Å². The molecule has 5 heteroatoms. The fourth-order valence-electron chi connectivity index (χ4n) is 2.13. The Morgan fingerprint density at radius 3 is 2.50 bits per heavy atom. The number of carbonyl (C=O) groups excluding carboxylic acids is 1. The molecule has 0 bridgehead atoms. The fraction of sp³-hybridized carbons (Fsp3) is 0.368. The standard InChI is InChI=1S/C19H25N3O2/c1-4-24-17-8-6-16(7-9-17)22-18-10-5-15(13-21-18)19(23)20-12-11-14(2)3/h5-10,13-14H,4,11-12H2,1-3H3,(H,20,23)(H,21,22). The highest BCUT2D eigenvalue weighted by Crippen LogP contribution is 2.19. The van der Waals surface area contributed by atoms with Crippen LogP contribution < -0.4 is 15.4 Å². The molecular formula is C19H25N3O2. The molecule has 2 N–H and O–H groups in total. The van der Waals surface area contributed by atoms with Crippen molar-refractivity contribution in [2.45, 2.75) is 27.2 Å². The van der Waals surface area contributed by atoms with Crippen LogP contribution in [0.1, 0.15) is 37.6 Å². The zero-order valence-corrected chi connectivity index (χ0v) is 14.5. The third-order valence-electron chi connectivity index (χ3n) is 3.47. The van der Waals surface area contributed by atoms with Gasteiger partial charge in [0.2, 0.25) is 0 Å². The van der Waals surface area contributed by atoms with Gasteiger partial charge in [0.1, 0.15) is 11.6 Å². The Hall–Kier alpha value is -2.56. The summed E-state index contributed by atoms with van der Waals surface area (Å²) in [6.45, 7) is 7.55. The Morgan fingerprint density at radius 2 is 1.92 bits per heavy atom. The SMILES string of the molecule is CCOc1ccc(Nc2ccc(C(=O)NCCC(C)C)cn2)cc1. The molecular weight excluding hydrogens is 302 g/mol. The molecule has 1 heterocycles. The Morgan fingerprint density at radius 1 is 1.17 bits per heavy atom. The summed E-state index contributed by atoms with van der Waals surface area (Å²) in [7, 11) is 0. The predicted octanol–water partition coefficient (Wildman–Crippen LogP) is 4.00. The van der Waals surface area contributed by atoms with Crippen LogP contribution in [0.2, 0.25) is 0 Å². The summed E-state index contributed by atoms with van der Waals surface area (Å²) in [5, 5.41) is 6.10. The lowest BCUT2D eigenvalue weighted by atomic mass is 10.1. The first-order valence-corrected chi connectivity index (χ1v) is 8.32. The van der Waals surface area contributed by atoms with E-state index in [0.717, 1.165) is 17.9 Å². The normalized spacial score (nSPS) is 10.5. The molecule has 0 saturated heterocycles. The van der Waals surface area contributed by atoms with Crippen LogP contribution in [0.4, 0.5) is 11.5 Å². The van der Waals surface area contributed by atoms with E-state index in [0.29, 0.717) is 30.5 Å². The average molecular weight is 327 g/mol. The Labute approximate surface area is 143 Å². The minimum absolute atomic E-state index is 0.0873. The van der Waals surface area contributed by atoms with Gasteiger partial charge in [-0.1, -0.05) is 13.8 Å². The van der Waals surface area contributed by atoms with Crippen LogP contribution in [-0.4, -0.2) is 24.0 Å². The third-order valence-corrected chi connectivity index (χ3v) is 3.47. The first-order valence-electron chi connectivity index (χ1n) is 8.32. The van der Waals surface area contributed by atoms with Crippen molar-refractivity contribution in [3.05, 3.63) is 48.2 Å². The largest absolute Gasteiger partial charge is 0.494 e. The number of pyridine rings is 1. The number of ether oxygens (including phenoxy) is 1. The number of aromatic nitrogens is 1. The summed E-state index contributed by atoms with van der Waals surface area (Å²) in [6.07, 6.45) is 2.55. The van der Waals surface area contributed by atoms with Crippen LogP contribution in [0.15, 0.2) is 42.6 Å². The van der Waals surface area contributed by atoms with E-state index in [1.807, 2.05) is 31.2 Å². The number of hydrogen-bond acceptors (Lipinski definition) is 4. The molecule has 1 aromatic carbocycles. The maximum atomic E-state index is 12.0. The van der Waals surface area contributed by atoms with Gasteiger partial charge in [-0.15, -0.1) is 0 Å². The number of benzene rings is 1. The maximum absolute atomic E-state index is 12.0. The van der Waals surface area contributed by atoms with E-state index in [4.69, 9.17) is 4.74 Å². The highest BCUT2D eigenvalue weighted by atomic mass is 16.5. The number of hydrogen-bond donors (Lipinski definition) is 2. The number of carbonyl (C=O) groups is 1. The van der Waals surface area contributed by atoms with E-state index in [9.17, 15) is 4.79 Å². The number of nitrogens with one attached hydrogen (secondary N) is 2. The third kappa shape index (κ3) is 5.57. The summed E-state index contributed by atoms with van der Waals surface area (Å²) < 4.78 is 5.41. The van der Waals surface area contributed by atoms with Crippen molar-refractivity contribution >= 4 is 17.4 Å². The second-order valence-corrected chi connectivity index (χ2v) is 5.95. The summed E-state index contributed by atoms with van der Waals surface area (Å²) >= 11 is 0. The fourth-order valence-corrected chi connectivity index (χ4v) is 2.13. The summed E-state index contributed by atoms with van der Waals surface area (Å²) in [6, 6.07) is 11.2. The lowest BCUT2D eigenvalue weighted by Gasteiger charge is -2.09. The van der Waals surface area contributed by atoms with Crippen molar-refractivity contribution in [3.63, 3.8) is 0 Å². The second-order valence-electron chi connectivity index (χ2n) is 5.95. The zero-order valence-electron chi connectivity index (χ0n) is 14.5. The molecule has 128 valence electrons. The molecule has 0 saturated carbocycles. The lowest BCUT2D eigenvalue weighted by molar-refractivity contribution is 0.0951. The maximum Gasteiger partial charge on any atom is 0.252 e. The molecule has 2 rings (SSSR count). The van der Waals surface area contributed by atoms with Gasteiger partial charge in [0.05, 0.1) is 12.2 Å². The molecule has 0 aliphatic rings. The van der Waals surface area contributed by atoms with Crippen LogP contribution in [0, 0.1) is 5.92 Å². The van der Waals surface area contributed by atoms with Gasteiger partial charge in [-0.2, -0.15) is 0 Å². The molecule has 0 aliphatic carbocycles. The summed E-state index contributed by atoms with van der Waals surface area (Å²) in [5.41, 5.74) is 1.48. The van der Waals surface area contributed by atoms with E-state index in [2.05, 4.69) is 29.5 Å². The van der Waals surface area contributed by atoms with Crippen LogP contribution in [-0.2, 0) is 0 Å². The zero-order chi connectivity index (χ0) is 17.4. The van der Waals surface area contributed by atoms with Gasteiger partial charge < -0.3 is 15.4 Å². The predicted molar refractivity (Wildman–Crippen MR) is 96.9 cm³/mol. The van der Waals surface area contributed by atoms with Crippen molar-refractivity contribution < 1.29 is 9.53 Å². The monoisotopic (exact) mass is 327 g/mol. The van der Waals surface area contributed by atoms with E-state index in [-0.39, 0.29) is 5.91 Å². The minimum Gasteiger partial charge on any atom is -0.494 e. The molecule has 0 unspecified atom stereocenters. The minimum atomic E-state index is -0.0873. The van der Waals surface area contributed by atoms with E-state index < -0.39 is 0 Å². The van der Waals surface area contributed by atoms with Crippen molar-refractivity contribution in [1.82, 2.24) is 10.3 Å². The van der Waals surface area contributed by atoms with Crippen molar-refractivity contribution in [1.29, 1.82) is 0 Å². The van der Waals surface area contributed by atoms with Gasteiger partial charge >= 0.3 is 0 Å². The van der Waals surface area contributed by atoms with Crippen LogP contribution in [0.25, 0.3) is 0 Å². The Kier molecular flexibility index (Phi) is 6.61. The average Bonchev–Trinajstić information content (AvgIpc) is 2.57. The molecule has 0 radical (unpaired) electrons. The summed E-state index contributed by atoms with van der Waals surface area (Å²) in [4.78, 5) is 16.3. The van der Waals surface area contributed by atoms with Crippen molar-refractivity contribution in [3.8, 4) is 5.75 Å². The second kappa shape index (κ2) is 8.91. The lowest BCUT2D eigenvalue weighted by Crippen LogP contribution is -2.25. The van der Waals surface area contributed by atoms with Gasteiger partial charge in [0.25, 0.3) is 5.91 Å². The first kappa shape index (κ1) is 17.8. The van der Waals surface area contributed by atoms with Crippen LogP contribution >= 0.6 is 0 Å². The van der Waals surface area contributed by atoms with E-state index in [1.165, 1.54) is 0 Å². The quantitative estimate of drug-likeness (QED) is 0.769. The Bertz CT molecular complexity index is 637. The molecule has 0 spiro atoms. The topological polar surface area (TPSA) is 63.2 Å². The molecule has 2 aromatic rings. The highest BCUT2D eigenvalue weighted by molar-refractivity contribution is 5.94. The van der Waals surface area contributed by atoms with Gasteiger partial charge in [0, 0.05) is 18.4 Å². The number of anilines is 2. The van der Waals surface area contributed by atoms with Crippen molar-refractivity contribution in [2.24, 2.45) is 5.92 Å². The molecule has 0 atom stereocenters. The van der Waals surface area contributed by atoms with Crippen molar-refractivity contribution in [2.75, 3.05) is 18.5 Å². The molecule has 0 fully saturated rings. The highest BCUT2D eigenvalue weighted by Gasteiger charge is 2.06. The first-order chi connectivity index (χ1) is 11.6. The van der Waals surface area contributed by atoms with E-state index >= 15 is 0 Å².